The summed E-state index contributed by atoms with van der Waals surface area (Å²) in [5.41, 5.74) is 0.418. The van der Waals surface area contributed by atoms with Crippen LogP contribution < -0.4 is 14.9 Å². The molecule has 1 amide bonds. The summed E-state index contributed by atoms with van der Waals surface area (Å²) in [7, 11) is -3.24. The number of rotatable bonds is 7. The van der Waals surface area contributed by atoms with Crippen molar-refractivity contribution < 1.29 is 26.4 Å². The molecule has 1 fully saturated rings. The Balaban J connectivity index is 1.47. The van der Waals surface area contributed by atoms with E-state index in [4.69, 9.17) is 0 Å². The third-order valence-electron chi connectivity index (χ3n) is 4.54. The average Bonchev–Trinajstić information content (AvgIpc) is 3.08. The van der Waals surface area contributed by atoms with E-state index in [1.807, 2.05) is 0 Å². The van der Waals surface area contributed by atoms with Crippen LogP contribution in [0.3, 0.4) is 0 Å². The molecule has 1 saturated heterocycles. The number of sulfonamides is 1. The van der Waals surface area contributed by atoms with Gasteiger partial charge in [0.05, 0.1) is 17.0 Å². The van der Waals surface area contributed by atoms with E-state index in [1.54, 1.807) is 30.3 Å². The van der Waals surface area contributed by atoms with Gasteiger partial charge in [-0.1, -0.05) is 12.1 Å². The first-order chi connectivity index (χ1) is 14.7. The minimum absolute atomic E-state index is 0.0681. The summed E-state index contributed by atoms with van der Waals surface area (Å²) in [6.07, 6.45) is 0.187. The van der Waals surface area contributed by atoms with Gasteiger partial charge in [0, 0.05) is 31.9 Å². The molecule has 1 aliphatic rings. The fourth-order valence-electron chi connectivity index (χ4n) is 3.05. The summed E-state index contributed by atoms with van der Waals surface area (Å²) in [5, 5.41) is 5.13. The van der Waals surface area contributed by atoms with Crippen LogP contribution in [-0.2, 0) is 21.0 Å². The van der Waals surface area contributed by atoms with Gasteiger partial charge in [-0.25, -0.2) is 13.4 Å². The largest absolute Gasteiger partial charge is 0.419 e. The van der Waals surface area contributed by atoms with Gasteiger partial charge < -0.3 is 10.6 Å². The van der Waals surface area contributed by atoms with E-state index in [0.29, 0.717) is 24.2 Å². The summed E-state index contributed by atoms with van der Waals surface area (Å²) < 4.78 is 64.0. The first kappa shape index (κ1) is 22.6. The van der Waals surface area contributed by atoms with Crippen molar-refractivity contribution >= 4 is 33.5 Å². The fourth-order valence-corrected chi connectivity index (χ4v) is 4.62. The molecule has 3 rings (SSSR count). The molecule has 7 nitrogen and oxygen atoms in total. The molecule has 0 aliphatic carbocycles. The lowest BCUT2D eigenvalue weighted by Gasteiger charge is -2.16. The number of hydrogen-bond acceptors (Lipinski definition) is 5. The van der Waals surface area contributed by atoms with Crippen LogP contribution in [0.15, 0.2) is 48.7 Å². The van der Waals surface area contributed by atoms with Gasteiger partial charge >= 0.3 is 6.18 Å². The molecule has 0 atom stereocenters. The molecule has 11 heteroatoms. The van der Waals surface area contributed by atoms with Crippen molar-refractivity contribution in [2.75, 3.05) is 35.0 Å². The Morgan fingerprint density at radius 3 is 2.55 bits per heavy atom. The van der Waals surface area contributed by atoms with Crippen LogP contribution in [-0.4, -0.2) is 44.7 Å². The third-order valence-corrected chi connectivity index (χ3v) is 6.41. The van der Waals surface area contributed by atoms with E-state index in [0.717, 1.165) is 6.07 Å². The number of hydrogen-bond donors (Lipinski definition) is 2. The summed E-state index contributed by atoms with van der Waals surface area (Å²) in [5.74, 6) is -0.563. The van der Waals surface area contributed by atoms with Gasteiger partial charge in [0.1, 0.15) is 5.82 Å². The first-order valence-electron chi connectivity index (χ1n) is 9.49. The molecule has 0 bridgehead atoms. The Hall–Kier alpha value is -3.08. The van der Waals surface area contributed by atoms with Gasteiger partial charge in [-0.05, 0) is 42.3 Å². The van der Waals surface area contributed by atoms with Crippen molar-refractivity contribution in [2.45, 2.75) is 12.6 Å². The first-order valence-corrected chi connectivity index (χ1v) is 11.1. The number of alkyl halides is 3. The molecule has 2 heterocycles. The van der Waals surface area contributed by atoms with Crippen molar-refractivity contribution in [3.63, 3.8) is 0 Å². The van der Waals surface area contributed by atoms with E-state index in [1.165, 1.54) is 22.6 Å². The quantitative estimate of drug-likeness (QED) is 0.496. The maximum absolute atomic E-state index is 12.9. The van der Waals surface area contributed by atoms with E-state index in [2.05, 4.69) is 15.6 Å². The number of carbonyl (C=O) groups excluding carboxylic acids is 1. The van der Waals surface area contributed by atoms with Crippen LogP contribution in [0.5, 0.6) is 0 Å². The summed E-state index contributed by atoms with van der Waals surface area (Å²) in [6.45, 7) is 0.623. The molecular formula is C20H21F3N4O3S. The summed E-state index contributed by atoms with van der Waals surface area (Å²) in [4.78, 5) is 15.6. The zero-order valence-electron chi connectivity index (χ0n) is 16.4. The van der Waals surface area contributed by atoms with Crippen LogP contribution in [0, 0.1) is 0 Å². The lowest BCUT2D eigenvalue weighted by Crippen LogP contribution is -2.27. The number of halogens is 3. The lowest BCUT2D eigenvalue weighted by atomic mass is 10.2. The number of amides is 1. The summed E-state index contributed by atoms with van der Waals surface area (Å²) in [6, 6.07) is 8.89. The highest BCUT2D eigenvalue weighted by molar-refractivity contribution is 7.93. The molecule has 0 unspecified atom stereocenters. The number of nitrogens with zero attached hydrogens (tertiary/aromatic N) is 2. The molecule has 0 radical (unpaired) electrons. The smallest absolute Gasteiger partial charge is 0.368 e. The van der Waals surface area contributed by atoms with Gasteiger partial charge in [0.15, 0.2) is 0 Å². The van der Waals surface area contributed by atoms with Gasteiger partial charge in [-0.3, -0.25) is 9.10 Å². The highest BCUT2D eigenvalue weighted by Gasteiger charge is 2.34. The molecule has 0 saturated carbocycles. The van der Waals surface area contributed by atoms with Crippen molar-refractivity contribution in [1.82, 2.24) is 10.3 Å². The Bertz CT molecular complexity index is 1050. The molecule has 166 valence electrons. The minimum Gasteiger partial charge on any atom is -0.368 e. The number of pyridine rings is 1. The predicted octanol–water partition coefficient (Wildman–Crippen LogP) is 2.88. The Labute approximate surface area is 178 Å². The fraction of sp³-hybridized carbons (Fsp3) is 0.300. The molecule has 1 aliphatic heterocycles. The van der Waals surface area contributed by atoms with Crippen molar-refractivity contribution in [1.29, 1.82) is 0 Å². The van der Waals surface area contributed by atoms with Crippen molar-refractivity contribution in [2.24, 2.45) is 0 Å². The minimum atomic E-state index is -4.52. The second kappa shape index (κ2) is 9.38. The van der Waals surface area contributed by atoms with Crippen molar-refractivity contribution in [3.05, 3.63) is 59.8 Å². The van der Waals surface area contributed by atoms with E-state index >= 15 is 0 Å². The van der Waals surface area contributed by atoms with Crippen molar-refractivity contribution in [3.8, 4) is 0 Å². The number of aromatic nitrogens is 1. The highest BCUT2D eigenvalue weighted by Crippen LogP contribution is 2.33. The third kappa shape index (κ3) is 5.97. The van der Waals surface area contributed by atoms with Gasteiger partial charge in [0.25, 0.3) is 0 Å². The number of benzene rings is 1. The Kier molecular flexibility index (Phi) is 6.84. The second-order valence-corrected chi connectivity index (χ2v) is 8.79. The van der Waals surface area contributed by atoms with Gasteiger partial charge in [-0.15, -0.1) is 0 Å². The summed E-state index contributed by atoms with van der Waals surface area (Å²) >= 11 is 0. The Morgan fingerprint density at radius 2 is 1.90 bits per heavy atom. The maximum atomic E-state index is 12.9. The zero-order valence-corrected chi connectivity index (χ0v) is 17.2. The normalized spacial score (nSPS) is 15.9. The number of anilines is 2. The molecule has 2 N–H and O–H groups in total. The topological polar surface area (TPSA) is 91.4 Å². The second-order valence-electron chi connectivity index (χ2n) is 6.78. The number of nitrogens with one attached hydrogen (secondary N) is 2. The number of carbonyl (C=O) groups is 1. The Morgan fingerprint density at radius 1 is 1.16 bits per heavy atom. The van der Waals surface area contributed by atoms with Crippen LogP contribution in [0.25, 0.3) is 6.08 Å². The van der Waals surface area contributed by atoms with Crippen LogP contribution >= 0.6 is 0 Å². The molecule has 31 heavy (non-hydrogen) atoms. The van der Waals surface area contributed by atoms with E-state index < -0.39 is 27.7 Å². The standard InChI is InChI=1S/C20H21F3N4O3S/c21-20(22,23)17-3-1-10-25-19(17)26-12-11-24-18(28)9-6-15-4-7-16(8-5-15)27-13-2-14-31(27,29)30/h1,3-10H,2,11-14H2,(H,24,28)(H,25,26)/b9-6+. The average molecular weight is 454 g/mol. The highest BCUT2D eigenvalue weighted by atomic mass is 32.2. The monoisotopic (exact) mass is 454 g/mol. The molecular weight excluding hydrogens is 433 g/mol. The lowest BCUT2D eigenvalue weighted by molar-refractivity contribution is -0.137. The van der Waals surface area contributed by atoms with Crippen LogP contribution in [0.1, 0.15) is 17.5 Å². The van der Waals surface area contributed by atoms with Crippen LogP contribution in [0.2, 0.25) is 0 Å². The SMILES string of the molecule is O=C(/C=C/c1ccc(N2CCCS2(=O)=O)cc1)NCCNc1ncccc1C(F)(F)F. The van der Waals surface area contributed by atoms with Crippen LogP contribution in [0.4, 0.5) is 24.7 Å². The zero-order chi connectivity index (χ0) is 22.5. The molecule has 1 aromatic heterocycles. The maximum Gasteiger partial charge on any atom is 0.419 e. The van der Waals surface area contributed by atoms with E-state index in [9.17, 15) is 26.4 Å². The molecule has 2 aromatic rings. The molecule has 0 spiro atoms. The molecule has 1 aromatic carbocycles. The van der Waals surface area contributed by atoms with Gasteiger partial charge in [0.2, 0.25) is 15.9 Å². The van der Waals surface area contributed by atoms with Gasteiger partial charge in [-0.2, -0.15) is 13.2 Å². The predicted molar refractivity (Wildman–Crippen MR) is 112 cm³/mol. The van der Waals surface area contributed by atoms with E-state index in [-0.39, 0.29) is 24.7 Å².